The summed E-state index contributed by atoms with van der Waals surface area (Å²) in [5.41, 5.74) is 0.497. The Kier molecular flexibility index (Phi) is 5.44. The van der Waals surface area contributed by atoms with Crippen LogP contribution in [0.15, 0.2) is 18.2 Å². The van der Waals surface area contributed by atoms with Gasteiger partial charge in [0.25, 0.3) is 5.69 Å². The number of carbonyl (C=O) groups is 1. The van der Waals surface area contributed by atoms with E-state index in [0.717, 1.165) is 0 Å². The fraction of sp³-hybridized carbons (Fsp3) is 0.462. The monoisotopic (exact) mass is 266 g/mol. The molecule has 0 aliphatic carbocycles. The summed E-state index contributed by atoms with van der Waals surface area (Å²) < 4.78 is 0. The van der Waals surface area contributed by atoms with E-state index in [9.17, 15) is 14.9 Å². The molecule has 0 aliphatic rings. The van der Waals surface area contributed by atoms with Crippen LogP contribution in [-0.2, 0) is 0 Å². The molecule has 0 amide bonds. The zero-order valence-electron chi connectivity index (χ0n) is 11.0. The van der Waals surface area contributed by atoms with Crippen LogP contribution in [0.3, 0.4) is 0 Å². The van der Waals surface area contributed by atoms with E-state index in [1.54, 1.807) is 0 Å². The summed E-state index contributed by atoms with van der Waals surface area (Å²) >= 11 is 0. The Morgan fingerprint density at radius 3 is 2.63 bits per heavy atom. The summed E-state index contributed by atoms with van der Waals surface area (Å²) in [6.45, 7) is 3.95. The molecule has 1 unspecified atom stereocenters. The molecular formula is C13H18N2O4. The van der Waals surface area contributed by atoms with E-state index in [4.69, 9.17) is 5.11 Å². The van der Waals surface area contributed by atoms with Gasteiger partial charge in [0.15, 0.2) is 0 Å². The number of anilines is 1. The summed E-state index contributed by atoms with van der Waals surface area (Å²) in [5.74, 6) is 0.220. The van der Waals surface area contributed by atoms with E-state index in [0.29, 0.717) is 18.4 Å². The predicted octanol–water partition coefficient (Wildman–Crippen LogP) is 2.23. The zero-order valence-corrected chi connectivity index (χ0v) is 11.0. The summed E-state index contributed by atoms with van der Waals surface area (Å²) in [4.78, 5) is 21.1. The molecular weight excluding hydrogens is 248 g/mol. The second-order valence-electron chi connectivity index (χ2n) is 4.66. The normalized spacial score (nSPS) is 12.2. The molecule has 0 heterocycles. The third-order valence-corrected chi connectivity index (χ3v) is 2.94. The molecule has 0 spiro atoms. The van der Waals surface area contributed by atoms with Crippen molar-refractivity contribution in [2.45, 2.75) is 26.3 Å². The average Bonchev–Trinajstić information content (AvgIpc) is 2.38. The lowest BCUT2D eigenvalue weighted by molar-refractivity contribution is -0.384. The minimum atomic E-state index is -0.522. The Balaban J connectivity index is 3.04. The quantitative estimate of drug-likeness (QED) is 0.448. The summed E-state index contributed by atoms with van der Waals surface area (Å²) in [6.07, 6.45) is 1.08. The maximum atomic E-state index is 11.0. The summed E-state index contributed by atoms with van der Waals surface area (Å²) in [6, 6.07) is 4.23. The summed E-state index contributed by atoms with van der Waals surface area (Å²) in [5, 5.41) is 23.1. The van der Waals surface area contributed by atoms with Crippen molar-refractivity contribution >= 4 is 17.7 Å². The molecule has 0 radical (unpaired) electrons. The zero-order chi connectivity index (χ0) is 14.4. The molecule has 1 aromatic carbocycles. The van der Waals surface area contributed by atoms with Crippen LogP contribution in [-0.4, -0.2) is 29.0 Å². The molecule has 0 aromatic heterocycles. The molecule has 1 atom stereocenters. The SMILES string of the molecule is CC(C)C(CCO)Nc1ccc(C=O)cc1[N+](=O)[O-]. The first kappa shape index (κ1) is 15.1. The molecule has 0 fully saturated rings. The first-order valence-electron chi connectivity index (χ1n) is 6.10. The van der Waals surface area contributed by atoms with Crippen molar-refractivity contribution in [3.8, 4) is 0 Å². The fourth-order valence-corrected chi connectivity index (χ4v) is 1.81. The molecule has 19 heavy (non-hydrogen) atoms. The van der Waals surface area contributed by atoms with Crippen LogP contribution >= 0.6 is 0 Å². The standard InChI is InChI=1S/C13H18N2O4/c1-9(2)11(5-6-16)14-12-4-3-10(8-17)7-13(12)15(18)19/h3-4,7-9,11,14,16H,5-6H2,1-2H3. The van der Waals surface area contributed by atoms with Crippen molar-refractivity contribution < 1.29 is 14.8 Å². The van der Waals surface area contributed by atoms with Gasteiger partial charge in [-0.1, -0.05) is 13.8 Å². The Hall–Kier alpha value is -1.95. The van der Waals surface area contributed by atoms with Crippen LogP contribution in [0.5, 0.6) is 0 Å². The number of nitro benzene ring substituents is 1. The van der Waals surface area contributed by atoms with Crippen LogP contribution in [0.25, 0.3) is 0 Å². The number of aldehydes is 1. The third-order valence-electron chi connectivity index (χ3n) is 2.94. The topological polar surface area (TPSA) is 92.5 Å². The van der Waals surface area contributed by atoms with E-state index in [-0.39, 0.29) is 29.8 Å². The molecule has 0 aliphatic heterocycles. The highest BCUT2D eigenvalue weighted by atomic mass is 16.6. The van der Waals surface area contributed by atoms with Crippen molar-refractivity contribution in [2.24, 2.45) is 5.92 Å². The minimum absolute atomic E-state index is 0.00999. The molecule has 0 saturated heterocycles. The molecule has 0 saturated carbocycles. The minimum Gasteiger partial charge on any atom is -0.396 e. The highest BCUT2D eigenvalue weighted by Gasteiger charge is 2.19. The van der Waals surface area contributed by atoms with Crippen molar-refractivity contribution in [3.63, 3.8) is 0 Å². The highest BCUT2D eigenvalue weighted by Crippen LogP contribution is 2.27. The van der Waals surface area contributed by atoms with E-state index < -0.39 is 4.92 Å². The van der Waals surface area contributed by atoms with Gasteiger partial charge in [0.05, 0.1) is 4.92 Å². The van der Waals surface area contributed by atoms with Crippen LogP contribution in [0.2, 0.25) is 0 Å². The van der Waals surface area contributed by atoms with Crippen molar-refractivity contribution in [1.29, 1.82) is 0 Å². The number of nitrogens with one attached hydrogen (secondary N) is 1. The first-order chi connectivity index (χ1) is 8.99. The van der Waals surface area contributed by atoms with E-state index in [2.05, 4.69) is 5.32 Å². The Morgan fingerprint density at radius 1 is 1.47 bits per heavy atom. The number of hydrogen-bond donors (Lipinski definition) is 2. The average molecular weight is 266 g/mol. The van der Waals surface area contributed by atoms with Gasteiger partial charge in [0.1, 0.15) is 12.0 Å². The molecule has 2 N–H and O–H groups in total. The van der Waals surface area contributed by atoms with Crippen molar-refractivity contribution in [3.05, 3.63) is 33.9 Å². The third kappa shape index (κ3) is 4.03. The fourth-order valence-electron chi connectivity index (χ4n) is 1.81. The smallest absolute Gasteiger partial charge is 0.293 e. The van der Waals surface area contributed by atoms with Gasteiger partial charge in [-0.2, -0.15) is 0 Å². The second-order valence-corrected chi connectivity index (χ2v) is 4.66. The van der Waals surface area contributed by atoms with E-state index in [1.165, 1.54) is 18.2 Å². The Bertz CT molecular complexity index is 460. The van der Waals surface area contributed by atoms with E-state index in [1.807, 2.05) is 13.8 Å². The van der Waals surface area contributed by atoms with Crippen molar-refractivity contribution in [2.75, 3.05) is 11.9 Å². The number of hydrogen-bond acceptors (Lipinski definition) is 5. The Morgan fingerprint density at radius 2 is 2.16 bits per heavy atom. The number of aliphatic hydroxyl groups excluding tert-OH is 1. The highest BCUT2D eigenvalue weighted by molar-refractivity contribution is 5.79. The lowest BCUT2D eigenvalue weighted by Crippen LogP contribution is -2.27. The van der Waals surface area contributed by atoms with Gasteiger partial charge in [-0.25, -0.2) is 0 Å². The maximum absolute atomic E-state index is 11.0. The molecule has 6 heteroatoms. The number of nitrogens with zero attached hydrogens (tertiary/aromatic N) is 1. The van der Waals surface area contributed by atoms with Gasteiger partial charge in [0.2, 0.25) is 0 Å². The van der Waals surface area contributed by atoms with Crippen LogP contribution in [0.1, 0.15) is 30.6 Å². The summed E-state index contributed by atoms with van der Waals surface area (Å²) in [7, 11) is 0. The Labute approximate surface area is 111 Å². The van der Waals surface area contributed by atoms with E-state index >= 15 is 0 Å². The molecule has 6 nitrogen and oxygen atoms in total. The first-order valence-corrected chi connectivity index (χ1v) is 6.10. The molecule has 1 aromatic rings. The van der Waals surface area contributed by atoms with Gasteiger partial charge in [-0.15, -0.1) is 0 Å². The largest absolute Gasteiger partial charge is 0.396 e. The maximum Gasteiger partial charge on any atom is 0.293 e. The second kappa shape index (κ2) is 6.84. The van der Waals surface area contributed by atoms with Crippen molar-refractivity contribution in [1.82, 2.24) is 0 Å². The number of aliphatic hydroxyl groups is 1. The lowest BCUT2D eigenvalue weighted by Gasteiger charge is -2.22. The molecule has 1 rings (SSSR count). The number of carbonyl (C=O) groups excluding carboxylic acids is 1. The van der Waals surface area contributed by atoms with Gasteiger partial charge in [-0.05, 0) is 24.5 Å². The number of benzene rings is 1. The molecule has 0 bridgehead atoms. The van der Waals surface area contributed by atoms with Crippen LogP contribution in [0, 0.1) is 16.0 Å². The lowest BCUT2D eigenvalue weighted by atomic mass is 10.0. The van der Waals surface area contributed by atoms with Gasteiger partial charge >= 0.3 is 0 Å². The van der Waals surface area contributed by atoms with Gasteiger partial charge < -0.3 is 10.4 Å². The predicted molar refractivity (Wildman–Crippen MR) is 72.4 cm³/mol. The molecule has 104 valence electrons. The van der Waals surface area contributed by atoms with Crippen LogP contribution in [0.4, 0.5) is 11.4 Å². The van der Waals surface area contributed by atoms with Gasteiger partial charge in [0, 0.05) is 24.3 Å². The van der Waals surface area contributed by atoms with Gasteiger partial charge in [-0.3, -0.25) is 14.9 Å². The van der Waals surface area contributed by atoms with Crippen LogP contribution < -0.4 is 5.32 Å². The number of nitro groups is 1. The number of rotatable bonds is 7.